The van der Waals surface area contributed by atoms with Crippen LogP contribution in [-0.4, -0.2) is 26.6 Å². The van der Waals surface area contributed by atoms with Gasteiger partial charge >= 0.3 is 0 Å². The van der Waals surface area contributed by atoms with Gasteiger partial charge in [0, 0.05) is 13.7 Å². The van der Waals surface area contributed by atoms with Crippen LogP contribution in [0.1, 0.15) is 13.3 Å². The Hall–Kier alpha value is -0.120. The van der Waals surface area contributed by atoms with E-state index in [0.29, 0.717) is 6.61 Å². The van der Waals surface area contributed by atoms with Crippen LogP contribution in [0.3, 0.4) is 0 Å². The molecule has 1 atom stereocenters. The fraction of sp³-hybridized carbons (Fsp3) is 1.00. The number of methoxy groups -OCH3 is 1. The molecule has 0 aliphatic carbocycles. The van der Waals surface area contributed by atoms with Gasteiger partial charge in [0.2, 0.25) is 0 Å². The molecule has 3 heteroatoms. The third-order valence-corrected chi connectivity index (χ3v) is 0.907. The van der Waals surface area contributed by atoms with Crippen LogP contribution in [0, 0.1) is 0 Å². The van der Waals surface area contributed by atoms with Gasteiger partial charge in [-0.3, -0.25) is 0 Å². The summed E-state index contributed by atoms with van der Waals surface area (Å²) in [5, 5.41) is 10.1. The quantitative estimate of drug-likeness (QED) is 0.521. The molecule has 9 heavy (non-hydrogen) atoms. The lowest BCUT2D eigenvalue weighted by atomic mass is 10.5. The highest BCUT2D eigenvalue weighted by atomic mass is 16.7. The average molecular weight is 133 g/mol. The van der Waals surface area contributed by atoms with Crippen LogP contribution in [0.5, 0.6) is 0 Å². The summed E-state index contributed by atoms with van der Waals surface area (Å²) in [6, 6.07) is 0. The van der Waals surface area contributed by atoms with Crippen LogP contribution in [0.2, 0.25) is 0 Å². The van der Waals surface area contributed by atoms with Gasteiger partial charge < -0.3 is 9.47 Å². The molecule has 0 saturated heterocycles. The summed E-state index contributed by atoms with van der Waals surface area (Å²) in [7, 11) is 1.47. The van der Waals surface area contributed by atoms with Crippen molar-refractivity contribution in [2.75, 3.05) is 20.3 Å². The molecule has 0 fully saturated rings. The molecular weight excluding hydrogens is 120 g/mol. The topological polar surface area (TPSA) is 38.4 Å². The Balaban J connectivity index is 3.09. The highest BCUT2D eigenvalue weighted by Gasteiger charge is 2.03. The van der Waals surface area contributed by atoms with Crippen molar-refractivity contribution < 1.29 is 14.6 Å². The van der Waals surface area contributed by atoms with E-state index in [1.807, 2.05) is 6.92 Å². The zero-order valence-corrected chi connectivity index (χ0v) is 5.92. The Kier molecular flexibility index (Phi) is 5.93. The fourth-order valence-corrected chi connectivity index (χ4v) is 0.433. The van der Waals surface area contributed by atoms with Crippen molar-refractivity contribution in [3.63, 3.8) is 0 Å². The van der Waals surface area contributed by atoms with Gasteiger partial charge in [-0.25, -0.2) is 5.11 Å². The maximum Gasteiger partial charge on any atom is 0.183 e. The smallest absolute Gasteiger partial charge is 0.183 e. The van der Waals surface area contributed by atoms with Crippen LogP contribution in [0.15, 0.2) is 0 Å². The molecule has 0 aromatic heterocycles. The molecule has 3 nitrogen and oxygen atoms in total. The van der Waals surface area contributed by atoms with Gasteiger partial charge in [-0.1, -0.05) is 6.92 Å². The minimum absolute atomic E-state index is 0.323. The van der Waals surface area contributed by atoms with E-state index >= 15 is 0 Å². The summed E-state index contributed by atoms with van der Waals surface area (Å²) < 4.78 is 9.62. The first-order chi connectivity index (χ1) is 4.35. The summed E-state index contributed by atoms with van der Waals surface area (Å²) in [6.45, 7) is 2.26. The summed E-state index contributed by atoms with van der Waals surface area (Å²) in [6.07, 6.45) is 0.366. The lowest BCUT2D eigenvalue weighted by Crippen LogP contribution is -2.19. The molecule has 0 spiro atoms. The van der Waals surface area contributed by atoms with E-state index in [1.54, 1.807) is 0 Å². The Bertz CT molecular complexity index is 52.3. The van der Waals surface area contributed by atoms with Crippen LogP contribution < -0.4 is 0 Å². The maximum atomic E-state index is 10.1. The van der Waals surface area contributed by atoms with Gasteiger partial charge in [0.05, 0.1) is 0 Å². The van der Waals surface area contributed by atoms with E-state index in [0.717, 1.165) is 6.42 Å². The first-order valence-corrected chi connectivity index (χ1v) is 3.07. The zero-order chi connectivity index (χ0) is 7.11. The summed E-state index contributed by atoms with van der Waals surface area (Å²) >= 11 is 0. The molecule has 0 aliphatic heterocycles. The van der Waals surface area contributed by atoms with Gasteiger partial charge in [-0.15, -0.1) is 0 Å². The lowest BCUT2D eigenvalue weighted by Gasteiger charge is -2.10. The lowest BCUT2D eigenvalue weighted by molar-refractivity contribution is -0.156. The van der Waals surface area contributed by atoms with Crippen molar-refractivity contribution in [1.29, 1.82) is 0 Å². The van der Waals surface area contributed by atoms with Gasteiger partial charge in [0.25, 0.3) is 0 Å². The van der Waals surface area contributed by atoms with E-state index in [1.165, 1.54) is 7.11 Å². The Morgan fingerprint density at radius 2 is 2.22 bits per heavy atom. The Morgan fingerprint density at radius 3 is 2.56 bits per heavy atom. The second kappa shape index (κ2) is 6.01. The molecule has 0 aromatic rings. The number of ether oxygens (including phenoxy) is 2. The third-order valence-electron chi connectivity index (χ3n) is 0.907. The van der Waals surface area contributed by atoms with Gasteiger partial charge in [-0.2, -0.15) is 0 Å². The highest BCUT2D eigenvalue weighted by molar-refractivity contribution is 4.35. The molecule has 55 valence electrons. The van der Waals surface area contributed by atoms with Crippen LogP contribution >= 0.6 is 0 Å². The second-order valence-electron chi connectivity index (χ2n) is 1.70. The molecule has 0 aromatic carbocycles. The molecule has 0 amide bonds. The highest BCUT2D eigenvalue weighted by Crippen LogP contribution is 1.92. The molecule has 0 bridgehead atoms. The zero-order valence-electron chi connectivity index (χ0n) is 5.92. The largest absolute Gasteiger partial charge is 0.353 e. The summed E-state index contributed by atoms with van der Waals surface area (Å²) in [4.78, 5) is 0. The van der Waals surface area contributed by atoms with Crippen molar-refractivity contribution >= 4 is 0 Å². The SMILES string of the molecule is CCCOC(C[O])OC. The van der Waals surface area contributed by atoms with E-state index in [9.17, 15) is 5.11 Å². The van der Waals surface area contributed by atoms with Gasteiger partial charge in [0.15, 0.2) is 6.29 Å². The molecule has 0 N–H and O–H groups in total. The first-order valence-electron chi connectivity index (χ1n) is 3.07. The minimum Gasteiger partial charge on any atom is -0.353 e. The van der Waals surface area contributed by atoms with Crippen molar-refractivity contribution in [3.8, 4) is 0 Å². The second-order valence-corrected chi connectivity index (χ2v) is 1.70. The van der Waals surface area contributed by atoms with Crippen molar-refractivity contribution in [2.24, 2.45) is 0 Å². The summed E-state index contributed by atoms with van der Waals surface area (Å²) in [5.41, 5.74) is 0. The van der Waals surface area contributed by atoms with E-state index < -0.39 is 6.29 Å². The molecule has 0 saturated carbocycles. The maximum absolute atomic E-state index is 10.1. The van der Waals surface area contributed by atoms with E-state index in [2.05, 4.69) is 4.74 Å². The minimum atomic E-state index is -0.551. The average Bonchev–Trinajstić information content (AvgIpc) is 1.91. The predicted octanol–water partition coefficient (Wildman–Crippen LogP) is 0.816. The molecule has 1 unspecified atom stereocenters. The number of rotatable bonds is 5. The third kappa shape index (κ3) is 4.39. The van der Waals surface area contributed by atoms with Gasteiger partial charge in [0.1, 0.15) is 6.61 Å². The number of hydrogen-bond donors (Lipinski definition) is 0. The normalized spacial score (nSPS) is 13.7. The van der Waals surface area contributed by atoms with Crippen molar-refractivity contribution in [1.82, 2.24) is 0 Å². The first kappa shape index (κ1) is 8.88. The molecule has 0 aliphatic rings. The monoisotopic (exact) mass is 133 g/mol. The van der Waals surface area contributed by atoms with Crippen LogP contribution in [0.25, 0.3) is 0 Å². The molecular formula is C6H13O3. The Labute approximate surface area is 55.6 Å². The van der Waals surface area contributed by atoms with Crippen molar-refractivity contribution in [3.05, 3.63) is 0 Å². The van der Waals surface area contributed by atoms with E-state index in [-0.39, 0.29) is 6.61 Å². The molecule has 1 radical (unpaired) electrons. The van der Waals surface area contributed by atoms with E-state index in [4.69, 9.17) is 4.74 Å². The van der Waals surface area contributed by atoms with Crippen LogP contribution in [-0.2, 0) is 14.6 Å². The number of hydrogen-bond acceptors (Lipinski definition) is 2. The fourth-order valence-electron chi connectivity index (χ4n) is 0.433. The van der Waals surface area contributed by atoms with Crippen LogP contribution in [0.4, 0.5) is 0 Å². The van der Waals surface area contributed by atoms with Gasteiger partial charge in [-0.05, 0) is 6.42 Å². The van der Waals surface area contributed by atoms with Crippen molar-refractivity contribution in [2.45, 2.75) is 19.6 Å². The predicted molar refractivity (Wildman–Crippen MR) is 32.6 cm³/mol. The molecule has 0 heterocycles. The standard InChI is InChI=1S/C6H13O3/c1-3-4-9-6(5-7)8-2/h6H,3-5H2,1-2H3. The Morgan fingerprint density at radius 1 is 1.56 bits per heavy atom. The molecule has 0 rings (SSSR count). The summed E-state index contributed by atoms with van der Waals surface area (Å²) in [5.74, 6) is 0.